The number of aliphatic hydroxyl groups is 1. The predicted octanol–water partition coefficient (Wildman–Crippen LogP) is 0.442. The molecule has 1 amide bonds. The van der Waals surface area contributed by atoms with Crippen LogP contribution in [0.5, 0.6) is 0 Å². The number of rotatable bonds is 5. The average Bonchev–Trinajstić information content (AvgIpc) is 3.01. The van der Waals surface area contributed by atoms with E-state index in [1.807, 2.05) is 10.8 Å². The van der Waals surface area contributed by atoms with Crippen LogP contribution in [-0.2, 0) is 6.54 Å². The molecular formula is C15H16N4O2. The molecule has 0 fully saturated rings. The molecule has 6 heteroatoms. The minimum absolute atomic E-state index is 0.000300. The van der Waals surface area contributed by atoms with Gasteiger partial charge in [-0.2, -0.15) is 0 Å². The van der Waals surface area contributed by atoms with Crippen LogP contribution in [0.3, 0.4) is 0 Å². The van der Waals surface area contributed by atoms with Crippen LogP contribution in [-0.4, -0.2) is 38.7 Å². The van der Waals surface area contributed by atoms with Crippen molar-refractivity contribution in [1.29, 1.82) is 0 Å². The highest BCUT2D eigenvalue weighted by atomic mass is 16.2. The highest BCUT2D eigenvalue weighted by molar-refractivity contribution is 5.96. The molecule has 0 unspecified atom stereocenters. The Balaban J connectivity index is 1.97. The lowest BCUT2D eigenvalue weighted by atomic mass is 10.1. The summed E-state index contributed by atoms with van der Waals surface area (Å²) in [4.78, 5) is 20.1. The third-order valence-electron chi connectivity index (χ3n) is 2.74. The molecule has 0 spiro atoms. The SMILES string of the molecule is O=C(NCCn1ccnc1)c1ccncc1C#CCCO. The minimum atomic E-state index is -0.189. The first kappa shape index (κ1) is 14.8. The topological polar surface area (TPSA) is 80.0 Å². The Morgan fingerprint density at radius 2 is 2.29 bits per heavy atom. The van der Waals surface area contributed by atoms with E-state index in [1.54, 1.807) is 31.0 Å². The molecule has 0 aliphatic carbocycles. The highest BCUT2D eigenvalue weighted by Crippen LogP contribution is 2.05. The molecular weight excluding hydrogens is 268 g/mol. The van der Waals surface area contributed by atoms with E-state index in [2.05, 4.69) is 27.1 Å². The maximum Gasteiger partial charge on any atom is 0.252 e. The molecule has 2 aromatic rings. The van der Waals surface area contributed by atoms with Crippen molar-refractivity contribution in [2.24, 2.45) is 0 Å². The maximum absolute atomic E-state index is 12.1. The first-order valence-corrected chi connectivity index (χ1v) is 6.59. The van der Waals surface area contributed by atoms with Gasteiger partial charge in [0.1, 0.15) is 0 Å². The lowest BCUT2D eigenvalue weighted by Gasteiger charge is -2.07. The van der Waals surface area contributed by atoms with Gasteiger partial charge in [-0.05, 0) is 6.07 Å². The molecule has 21 heavy (non-hydrogen) atoms. The normalized spacial score (nSPS) is 9.76. The van der Waals surface area contributed by atoms with Crippen molar-refractivity contribution >= 4 is 5.91 Å². The summed E-state index contributed by atoms with van der Waals surface area (Å²) in [5.41, 5.74) is 1.05. The van der Waals surface area contributed by atoms with Crippen molar-refractivity contribution in [2.45, 2.75) is 13.0 Å². The number of nitrogens with zero attached hydrogens (tertiary/aromatic N) is 3. The smallest absolute Gasteiger partial charge is 0.252 e. The Morgan fingerprint density at radius 3 is 3.05 bits per heavy atom. The Kier molecular flexibility index (Phi) is 5.50. The second-order valence-corrected chi connectivity index (χ2v) is 4.25. The van der Waals surface area contributed by atoms with Crippen LogP contribution in [0.25, 0.3) is 0 Å². The van der Waals surface area contributed by atoms with E-state index in [0.29, 0.717) is 30.6 Å². The summed E-state index contributed by atoms with van der Waals surface area (Å²) >= 11 is 0. The Bertz CT molecular complexity index is 641. The van der Waals surface area contributed by atoms with Gasteiger partial charge in [-0.3, -0.25) is 9.78 Å². The van der Waals surface area contributed by atoms with Gasteiger partial charge in [0.2, 0.25) is 0 Å². The summed E-state index contributed by atoms with van der Waals surface area (Å²) in [6.45, 7) is 1.16. The van der Waals surface area contributed by atoms with Gasteiger partial charge in [-0.1, -0.05) is 11.8 Å². The van der Waals surface area contributed by atoms with Crippen molar-refractivity contribution in [3.63, 3.8) is 0 Å². The van der Waals surface area contributed by atoms with Gasteiger partial charge in [-0.25, -0.2) is 4.98 Å². The van der Waals surface area contributed by atoms with E-state index in [4.69, 9.17) is 5.11 Å². The van der Waals surface area contributed by atoms with Crippen molar-refractivity contribution in [1.82, 2.24) is 19.9 Å². The molecule has 0 saturated carbocycles. The zero-order valence-electron chi connectivity index (χ0n) is 11.5. The predicted molar refractivity (Wildman–Crippen MR) is 77.4 cm³/mol. The monoisotopic (exact) mass is 284 g/mol. The first-order valence-electron chi connectivity index (χ1n) is 6.59. The summed E-state index contributed by atoms with van der Waals surface area (Å²) in [6, 6.07) is 1.63. The summed E-state index contributed by atoms with van der Waals surface area (Å²) in [5, 5.41) is 11.6. The van der Waals surface area contributed by atoms with E-state index < -0.39 is 0 Å². The van der Waals surface area contributed by atoms with Gasteiger partial charge in [-0.15, -0.1) is 0 Å². The fourth-order valence-electron chi connectivity index (χ4n) is 1.72. The number of hydrogen-bond acceptors (Lipinski definition) is 4. The molecule has 0 aliphatic heterocycles. The zero-order chi connectivity index (χ0) is 14.9. The van der Waals surface area contributed by atoms with Gasteiger partial charge in [0.05, 0.1) is 24.1 Å². The van der Waals surface area contributed by atoms with E-state index in [9.17, 15) is 4.79 Å². The zero-order valence-corrected chi connectivity index (χ0v) is 11.5. The fraction of sp³-hybridized carbons (Fsp3) is 0.267. The minimum Gasteiger partial charge on any atom is -0.395 e. The van der Waals surface area contributed by atoms with Crippen LogP contribution in [0.2, 0.25) is 0 Å². The third kappa shape index (κ3) is 4.44. The van der Waals surface area contributed by atoms with Crippen LogP contribution in [0.4, 0.5) is 0 Å². The van der Waals surface area contributed by atoms with Gasteiger partial charge in [0.25, 0.3) is 5.91 Å². The second kappa shape index (κ2) is 7.82. The highest BCUT2D eigenvalue weighted by Gasteiger charge is 2.09. The molecule has 2 N–H and O–H groups in total. The third-order valence-corrected chi connectivity index (χ3v) is 2.74. The number of carbonyl (C=O) groups excluding carboxylic acids is 1. The van der Waals surface area contributed by atoms with Crippen LogP contribution >= 0.6 is 0 Å². The maximum atomic E-state index is 12.1. The van der Waals surface area contributed by atoms with E-state index in [1.165, 1.54) is 0 Å². The quantitative estimate of drug-likeness (QED) is 0.781. The Hall–Kier alpha value is -2.65. The molecule has 0 aliphatic rings. The Morgan fingerprint density at radius 1 is 1.38 bits per heavy atom. The molecule has 0 aromatic carbocycles. The van der Waals surface area contributed by atoms with Crippen LogP contribution in [0.15, 0.2) is 37.2 Å². The van der Waals surface area contributed by atoms with Crippen molar-refractivity contribution in [3.8, 4) is 11.8 Å². The molecule has 108 valence electrons. The summed E-state index contributed by atoms with van der Waals surface area (Å²) in [6.07, 6.45) is 8.71. The molecule has 2 rings (SSSR count). The number of carbonyl (C=O) groups is 1. The number of amides is 1. The number of nitrogens with one attached hydrogen (secondary N) is 1. The summed E-state index contributed by atoms with van der Waals surface area (Å²) in [7, 11) is 0. The lowest BCUT2D eigenvalue weighted by molar-refractivity contribution is 0.0952. The molecule has 0 bridgehead atoms. The first-order chi connectivity index (χ1) is 10.3. The number of aliphatic hydroxyl groups excluding tert-OH is 1. The Labute approximate surface area is 122 Å². The average molecular weight is 284 g/mol. The largest absolute Gasteiger partial charge is 0.395 e. The molecule has 2 aromatic heterocycles. The van der Waals surface area contributed by atoms with Crippen LogP contribution < -0.4 is 5.32 Å². The van der Waals surface area contributed by atoms with Crippen molar-refractivity contribution in [3.05, 3.63) is 48.3 Å². The standard InChI is InChI=1S/C15H16N4O2/c20-10-2-1-3-13-11-16-5-4-14(13)15(21)18-7-9-19-8-6-17-12-19/h4-6,8,11-12,20H,2,7,9-10H2,(H,18,21). The van der Waals surface area contributed by atoms with Crippen LogP contribution in [0, 0.1) is 11.8 Å². The number of pyridine rings is 1. The fourth-order valence-corrected chi connectivity index (χ4v) is 1.72. The second-order valence-electron chi connectivity index (χ2n) is 4.25. The number of hydrogen-bond donors (Lipinski definition) is 2. The molecule has 0 atom stereocenters. The van der Waals surface area contributed by atoms with E-state index >= 15 is 0 Å². The lowest BCUT2D eigenvalue weighted by Crippen LogP contribution is -2.27. The van der Waals surface area contributed by atoms with E-state index in [0.717, 1.165) is 0 Å². The summed E-state index contributed by atoms with van der Waals surface area (Å²) in [5.74, 6) is 5.45. The van der Waals surface area contributed by atoms with Gasteiger partial charge in [0, 0.05) is 44.3 Å². The van der Waals surface area contributed by atoms with Crippen LogP contribution in [0.1, 0.15) is 22.3 Å². The molecule has 0 saturated heterocycles. The van der Waals surface area contributed by atoms with Crippen molar-refractivity contribution in [2.75, 3.05) is 13.2 Å². The van der Waals surface area contributed by atoms with Gasteiger partial charge < -0.3 is 15.0 Å². The van der Waals surface area contributed by atoms with Crippen molar-refractivity contribution < 1.29 is 9.90 Å². The summed E-state index contributed by atoms with van der Waals surface area (Å²) < 4.78 is 1.88. The van der Waals surface area contributed by atoms with Gasteiger partial charge >= 0.3 is 0 Å². The van der Waals surface area contributed by atoms with E-state index in [-0.39, 0.29) is 12.5 Å². The molecule has 6 nitrogen and oxygen atoms in total. The van der Waals surface area contributed by atoms with Gasteiger partial charge in [0.15, 0.2) is 0 Å². The molecule has 2 heterocycles. The number of imidazole rings is 1. The number of aromatic nitrogens is 3. The molecule has 0 radical (unpaired) electrons.